The summed E-state index contributed by atoms with van der Waals surface area (Å²) in [6, 6.07) is 25.1. The SMILES string of the molecule is CC(C)(C)c1c[c-]c2c(c1)-c1cc(C(C)(C)C)ccc1C2.[Cl-].[Cl-].[Zr+2]=[C]1CCC1.c1cc[cH-]c1. The molecule has 2 aliphatic carbocycles. The molecule has 2 aliphatic rings. The summed E-state index contributed by atoms with van der Waals surface area (Å²) < 4.78 is 1.78. The first kappa shape index (κ1) is 30.2. The van der Waals surface area contributed by atoms with Crippen molar-refractivity contribution < 1.29 is 49.0 Å². The number of hydrogen-bond donors (Lipinski definition) is 0. The van der Waals surface area contributed by atoms with Crippen LogP contribution in [0.15, 0.2) is 60.7 Å². The van der Waals surface area contributed by atoms with Crippen LogP contribution in [0.1, 0.15) is 83.1 Å². The molecule has 0 radical (unpaired) electrons. The molecule has 3 heteroatoms. The minimum atomic E-state index is 0. The van der Waals surface area contributed by atoms with Gasteiger partial charge in [0.25, 0.3) is 0 Å². The van der Waals surface area contributed by atoms with Crippen LogP contribution in [0.25, 0.3) is 11.1 Å². The summed E-state index contributed by atoms with van der Waals surface area (Å²) in [6.07, 6.45) is 5.39. The third-order valence-electron chi connectivity index (χ3n) is 6.04. The number of benzene rings is 2. The topological polar surface area (TPSA) is 0 Å². The van der Waals surface area contributed by atoms with Gasteiger partial charge in [0, 0.05) is 0 Å². The summed E-state index contributed by atoms with van der Waals surface area (Å²) in [6.45, 7) is 13.6. The van der Waals surface area contributed by atoms with Crippen molar-refractivity contribution in [2.45, 2.75) is 78.1 Å². The molecule has 0 N–H and O–H groups in total. The second kappa shape index (κ2) is 12.7. The van der Waals surface area contributed by atoms with Gasteiger partial charge in [0.05, 0.1) is 0 Å². The fourth-order valence-corrected chi connectivity index (χ4v) is 4.53. The van der Waals surface area contributed by atoms with Crippen molar-refractivity contribution in [1.82, 2.24) is 0 Å². The van der Waals surface area contributed by atoms with Gasteiger partial charge in [-0.1, -0.05) is 76.3 Å². The average molecular weight is 559 g/mol. The summed E-state index contributed by atoms with van der Waals surface area (Å²) in [4.78, 5) is 0. The first-order valence-electron chi connectivity index (χ1n) is 11.5. The molecule has 3 aromatic carbocycles. The van der Waals surface area contributed by atoms with Gasteiger partial charge in [0.1, 0.15) is 0 Å². The molecule has 33 heavy (non-hydrogen) atoms. The van der Waals surface area contributed by atoms with Gasteiger partial charge in [-0.2, -0.15) is 47.5 Å². The Bertz CT molecular complexity index is 934. The molecule has 0 aliphatic heterocycles. The Balaban J connectivity index is 0.000000375. The first-order valence-corrected chi connectivity index (χ1v) is 12.7. The Labute approximate surface area is 229 Å². The van der Waals surface area contributed by atoms with Gasteiger partial charge < -0.3 is 24.8 Å². The maximum absolute atomic E-state index is 3.53. The molecular formula is C30H36Cl2Zr-2. The molecule has 1 saturated carbocycles. The quantitative estimate of drug-likeness (QED) is 0.290. The van der Waals surface area contributed by atoms with Gasteiger partial charge in [-0.05, 0) is 17.4 Å². The molecule has 0 atom stereocenters. The molecular weight excluding hydrogens is 522 g/mol. The van der Waals surface area contributed by atoms with Crippen LogP contribution >= 0.6 is 0 Å². The zero-order valence-electron chi connectivity index (χ0n) is 20.9. The Kier molecular flexibility index (Phi) is 11.6. The number of fused-ring (bicyclic) bond motifs is 3. The summed E-state index contributed by atoms with van der Waals surface area (Å²) >= 11 is 1.67. The second-order valence-corrected chi connectivity index (χ2v) is 12.5. The van der Waals surface area contributed by atoms with Gasteiger partial charge in [-0.25, -0.2) is 12.1 Å². The zero-order valence-corrected chi connectivity index (χ0v) is 24.8. The summed E-state index contributed by atoms with van der Waals surface area (Å²) in [7, 11) is 0. The molecule has 0 bridgehead atoms. The van der Waals surface area contributed by atoms with E-state index in [1.54, 1.807) is 27.4 Å². The van der Waals surface area contributed by atoms with E-state index in [1.165, 1.54) is 52.6 Å². The van der Waals surface area contributed by atoms with Crippen molar-refractivity contribution in [3.05, 3.63) is 89.0 Å². The standard InChI is InChI=1S/C21H25.C5H5.C4H6.2ClH.Zr/c1-20(2,3)16-9-7-14-11-15-8-10-17(21(4,5)6)13-19(15)18(14)12-16;1-2-4-5-3-1;1-2-4-3-1;;;/h7,9-10,12-13H,11H2,1-6H3;1-5H;1-3H2;2*1H;/q2*-1;;;;+2/p-2. The van der Waals surface area contributed by atoms with Crippen LogP contribution in [0.3, 0.4) is 0 Å². The van der Waals surface area contributed by atoms with Crippen LogP contribution < -0.4 is 24.8 Å². The van der Waals surface area contributed by atoms with E-state index in [-0.39, 0.29) is 35.6 Å². The van der Waals surface area contributed by atoms with Crippen molar-refractivity contribution >= 4 is 3.21 Å². The van der Waals surface area contributed by atoms with Crippen LogP contribution in [0.4, 0.5) is 0 Å². The van der Waals surface area contributed by atoms with Crippen molar-refractivity contribution in [2.24, 2.45) is 0 Å². The Morgan fingerprint density at radius 1 is 0.818 bits per heavy atom. The largest absolute Gasteiger partial charge is 0.214 e. The summed E-state index contributed by atoms with van der Waals surface area (Å²) in [5, 5.41) is 0. The molecule has 0 nitrogen and oxygen atoms in total. The summed E-state index contributed by atoms with van der Waals surface area (Å²) in [5.74, 6) is 0. The predicted octanol–water partition coefficient (Wildman–Crippen LogP) is 1.96. The third-order valence-corrected chi connectivity index (χ3v) is 7.27. The molecule has 0 unspecified atom stereocenters. The summed E-state index contributed by atoms with van der Waals surface area (Å²) in [5.41, 5.74) is 8.76. The number of rotatable bonds is 0. The number of halogens is 2. The van der Waals surface area contributed by atoms with E-state index in [0.717, 1.165) is 6.42 Å². The predicted molar refractivity (Wildman–Crippen MR) is 132 cm³/mol. The molecule has 0 aromatic heterocycles. The molecule has 0 amide bonds. The van der Waals surface area contributed by atoms with Gasteiger partial charge in [0.15, 0.2) is 0 Å². The number of hydrogen-bond acceptors (Lipinski definition) is 0. The average Bonchev–Trinajstić information content (AvgIpc) is 3.36. The van der Waals surface area contributed by atoms with Crippen LogP contribution in [0.2, 0.25) is 0 Å². The van der Waals surface area contributed by atoms with Crippen LogP contribution in [0.5, 0.6) is 0 Å². The van der Waals surface area contributed by atoms with Crippen molar-refractivity contribution in [3.8, 4) is 11.1 Å². The van der Waals surface area contributed by atoms with E-state index in [4.69, 9.17) is 0 Å². The van der Waals surface area contributed by atoms with E-state index in [2.05, 4.69) is 77.9 Å². The molecule has 3 aromatic rings. The Hall–Kier alpha value is -0.877. The van der Waals surface area contributed by atoms with Crippen LogP contribution in [0, 0.1) is 6.07 Å². The monoisotopic (exact) mass is 556 g/mol. The normalized spacial score (nSPS) is 13.5. The zero-order chi connectivity index (χ0) is 22.6. The van der Waals surface area contributed by atoms with Gasteiger partial charge in [0.2, 0.25) is 0 Å². The molecule has 0 spiro atoms. The molecule has 5 rings (SSSR count). The molecule has 0 heterocycles. The van der Waals surface area contributed by atoms with Crippen molar-refractivity contribution in [2.75, 3.05) is 0 Å². The van der Waals surface area contributed by atoms with Crippen molar-refractivity contribution in [1.29, 1.82) is 0 Å². The van der Waals surface area contributed by atoms with Gasteiger partial charge >= 0.3 is 46.7 Å². The maximum Gasteiger partial charge on any atom is -0.172 e. The van der Waals surface area contributed by atoms with E-state index in [1.807, 2.05) is 30.3 Å². The van der Waals surface area contributed by atoms with E-state index in [9.17, 15) is 0 Å². The second-order valence-electron chi connectivity index (χ2n) is 10.7. The van der Waals surface area contributed by atoms with Crippen LogP contribution in [-0.2, 0) is 41.5 Å². The van der Waals surface area contributed by atoms with E-state index < -0.39 is 0 Å². The fourth-order valence-electron chi connectivity index (χ4n) is 3.66. The smallest absolute Gasteiger partial charge is 0.172 e. The van der Waals surface area contributed by atoms with E-state index >= 15 is 0 Å². The molecule has 1 fully saturated rings. The minimum Gasteiger partial charge on any atom is -0.214 e. The first-order chi connectivity index (χ1) is 14.6. The Morgan fingerprint density at radius 2 is 1.36 bits per heavy atom. The van der Waals surface area contributed by atoms with E-state index in [0.29, 0.717) is 0 Å². The van der Waals surface area contributed by atoms with Gasteiger partial charge in [-0.15, -0.1) is 5.56 Å². The van der Waals surface area contributed by atoms with Crippen molar-refractivity contribution in [3.63, 3.8) is 0 Å². The molecule has 176 valence electrons. The van der Waals surface area contributed by atoms with Crippen LogP contribution in [-0.4, -0.2) is 3.21 Å². The Morgan fingerprint density at radius 3 is 1.79 bits per heavy atom. The van der Waals surface area contributed by atoms with Gasteiger partial charge in [-0.3, -0.25) is 0 Å². The minimum absolute atomic E-state index is 0. The maximum atomic E-state index is 3.53. The third kappa shape index (κ3) is 8.38. The molecule has 0 saturated heterocycles. The fraction of sp³-hybridized carbons (Fsp3) is 0.400.